The minimum absolute atomic E-state index is 0.465. The van der Waals surface area contributed by atoms with E-state index in [2.05, 4.69) is 67.1 Å². The molecule has 1 aliphatic heterocycles. The van der Waals surface area contributed by atoms with Crippen LogP contribution in [-0.2, 0) is 6.42 Å². The van der Waals surface area contributed by atoms with Crippen molar-refractivity contribution in [2.24, 2.45) is 0 Å². The molecule has 0 atom stereocenters. The molecule has 2 aromatic heterocycles. The third-order valence-electron chi connectivity index (χ3n) is 4.29. The van der Waals surface area contributed by atoms with Crippen LogP contribution in [0.1, 0.15) is 31.0 Å². The zero-order valence-corrected chi connectivity index (χ0v) is 15.2. The van der Waals surface area contributed by atoms with Gasteiger partial charge in [0.05, 0.1) is 0 Å². The second-order valence-corrected chi connectivity index (χ2v) is 6.80. The quantitative estimate of drug-likeness (QED) is 0.884. The van der Waals surface area contributed by atoms with Crippen molar-refractivity contribution in [2.75, 3.05) is 23.3 Å². The molecule has 2 aromatic rings. The Bertz CT molecular complexity index is 668. The maximum absolute atomic E-state index is 4.44. The van der Waals surface area contributed by atoms with Gasteiger partial charge in [0.2, 0.25) is 0 Å². The second kappa shape index (κ2) is 7.25. The Hall–Kier alpha value is -1.69. The predicted octanol–water partition coefficient (Wildman–Crippen LogP) is 3.59. The highest BCUT2D eigenvalue weighted by molar-refractivity contribution is 9.10. The van der Waals surface area contributed by atoms with E-state index in [1.807, 2.05) is 6.20 Å². The fraction of sp³-hybridized carbons (Fsp3) is 0.471. The molecule has 1 fully saturated rings. The smallest absolute Gasteiger partial charge is 0.132 e. The SMILES string of the molecule is CCc1cc(N2CCC(Nc3cc(C)c(Br)cn3)CC2)ncn1. The van der Waals surface area contributed by atoms with E-state index < -0.39 is 0 Å². The van der Waals surface area contributed by atoms with Gasteiger partial charge in [0.25, 0.3) is 0 Å². The molecule has 0 saturated carbocycles. The Morgan fingerprint density at radius 3 is 2.70 bits per heavy atom. The average molecular weight is 376 g/mol. The largest absolute Gasteiger partial charge is 0.367 e. The maximum Gasteiger partial charge on any atom is 0.132 e. The number of anilines is 2. The van der Waals surface area contributed by atoms with Gasteiger partial charge < -0.3 is 10.2 Å². The molecule has 5 nitrogen and oxygen atoms in total. The lowest BCUT2D eigenvalue weighted by atomic mass is 10.0. The number of rotatable bonds is 4. The summed E-state index contributed by atoms with van der Waals surface area (Å²) in [5.74, 6) is 2.01. The monoisotopic (exact) mass is 375 g/mol. The number of aryl methyl sites for hydroxylation is 2. The maximum atomic E-state index is 4.44. The first-order valence-corrected chi connectivity index (χ1v) is 8.89. The molecule has 122 valence electrons. The first-order valence-electron chi connectivity index (χ1n) is 8.10. The number of hydrogen-bond acceptors (Lipinski definition) is 5. The normalized spacial score (nSPS) is 15.7. The number of hydrogen-bond donors (Lipinski definition) is 1. The molecule has 0 bridgehead atoms. The zero-order chi connectivity index (χ0) is 16.2. The molecule has 1 N–H and O–H groups in total. The fourth-order valence-corrected chi connectivity index (χ4v) is 3.05. The van der Waals surface area contributed by atoms with Gasteiger partial charge in [-0.15, -0.1) is 0 Å². The summed E-state index contributed by atoms with van der Waals surface area (Å²) < 4.78 is 1.05. The van der Waals surface area contributed by atoms with Gasteiger partial charge in [0, 0.05) is 41.6 Å². The molecule has 0 amide bonds. The number of nitrogens with one attached hydrogen (secondary N) is 1. The molecule has 0 radical (unpaired) electrons. The van der Waals surface area contributed by atoms with E-state index in [0.717, 1.165) is 54.2 Å². The Balaban J connectivity index is 1.58. The molecule has 0 aromatic carbocycles. The van der Waals surface area contributed by atoms with Crippen LogP contribution in [0.3, 0.4) is 0 Å². The highest BCUT2D eigenvalue weighted by atomic mass is 79.9. The summed E-state index contributed by atoms with van der Waals surface area (Å²) in [6, 6.07) is 4.66. The minimum atomic E-state index is 0.465. The molecule has 1 saturated heterocycles. The van der Waals surface area contributed by atoms with E-state index in [0.29, 0.717) is 6.04 Å². The molecule has 3 heterocycles. The van der Waals surface area contributed by atoms with Gasteiger partial charge >= 0.3 is 0 Å². The number of piperidine rings is 1. The molecule has 3 rings (SSSR count). The summed E-state index contributed by atoms with van der Waals surface area (Å²) in [6.07, 6.45) is 6.65. The molecule has 1 aliphatic rings. The second-order valence-electron chi connectivity index (χ2n) is 5.95. The van der Waals surface area contributed by atoms with Crippen LogP contribution in [0.25, 0.3) is 0 Å². The number of aromatic nitrogens is 3. The standard InChI is InChI=1S/C17H22BrN5/c1-3-13-9-17(21-11-20-13)23-6-4-14(5-7-23)22-16-8-12(2)15(18)10-19-16/h8-11,14H,3-7H2,1-2H3,(H,19,22). The summed E-state index contributed by atoms with van der Waals surface area (Å²) in [5.41, 5.74) is 2.30. The van der Waals surface area contributed by atoms with Crippen molar-refractivity contribution in [3.63, 3.8) is 0 Å². The van der Waals surface area contributed by atoms with Crippen LogP contribution in [0, 0.1) is 6.92 Å². The molecular weight excluding hydrogens is 354 g/mol. The fourth-order valence-electron chi connectivity index (χ4n) is 2.83. The molecule has 0 spiro atoms. The van der Waals surface area contributed by atoms with E-state index in [1.54, 1.807) is 6.33 Å². The van der Waals surface area contributed by atoms with Gasteiger partial charge in [-0.3, -0.25) is 0 Å². The van der Waals surface area contributed by atoms with Crippen molar-refractivity contribution in [1.29, 1.82) is 0 Å². The molecule has 0 unspecified atom stereocenters. The van der Waals surface area contributed by atoms with Crippen molar-refractivity contribution in [2.45, 2.75) is 39.2 Å². The van der Waals surface area contributed by atoms with Crippen LogP contribution in [0.5, 0.6) is 0 Å². The van der Waals surface area contributed by atoms with Crippen molar-refractivity contribution >= 4 is 27.6 Å². The van der Waals surface area contributed by atoms with Crippen LogP contribution >= 0.6 is 15.9 Å². The Kier molecular flexibility index (Phi) is 5.10. The van der Waals surface area contributed by atoms with Crippen LogP contribution < -0.4 is 10.2 Å². The lowest BCUT2D eigenvalue weighted by Gasteiger charge is -2.33. The topological polar surface area (TPSA) is 53.9 Å². The Morgan fingerprint density at radius 2 is 2.00 bits per heavy atom. The lowest BCUT2D eigenvalue weighted by Crippen LogP contribution is -2.39. The van der Waals surface area contributed by atoms with E-state index in [1.165, 1.54) is 5.56 Å². The van der Waals surface area contributed by atoms with E-state index in [-0.39, 0.29) is 0 Å². The van der Waals surface area contributed by atoms with Gasteiger partial charge in [-0.1, -0.05) is 6.92 Å². The molecule has 23 heavy (non-hydrogen) atoms. The van der Waals surface area contributed by atoms with E-state index in [9.17, 15) is 0 Å². The highest BCUT2D eigenvalue weighted by Gasteiger charge is 2.20. The number of pyridine rings is 1. The van der Waals surface area contributed by atoms with E-state index in [4.69, 9.17) is 0 Å². The van der Waals surface area contributed by atoms with Gasteiger partial charge in [0.1, 0.15) is 18.0 Å². The van der Waals surface area contributed by atoms with Gasteiger partial charge in [-0.25, -0.2) is 15.0 Å². The van der Waals surface area contributed by atoms with Crippen molar-refractivity contribution < 1.29 is 0 Å². The predicted molar refractivity (Wildman–Crippen MR) is 96.9 cm³/mol. The summed E-state index contributed by atoms with van der Waals surface area (Å²) >= 11 is 3.49. The average Bonchev–Trinajstić information content (AvgIpc) is 2.59. The Labute approximate surface area is 145 Å². The summed E-state index contributed by atoms with van der Waals surface area (Å²) in [6.45, 7) is 6.22. The first-order chi connectivity index (χ1) is 11.2. The first kappa shape index (κ1) is 16.2. The number of nitrogens with zero attached hydrogens (tertiary/aromatic N) is 4. The lowest BCUT2D eigenvalue weighted by molar-refractivity contribution is 0.522. The van der Waals surface area contributed by atoms with Crippen LogP contribution in [0.15, 0.2) is 29.1 Å². The zero-order valence-electron chi connectivity index (χ0n) is 13.6. The van der Waals surface area contributed by atoms with Gasteiger partial charge in [-0.05, 0) is 53.7 Å². The van der Waals surface area contributed by atoms with Crippen LogP contribution in [0.2, 0.25) is 0 Å². The highest BCUT2D eigenvalue weighted by Crippen LogP contribution is 2.22. The van der Waals surface area contributed by atoms with E-state index >= 15 is 0 Å². The molecule has 6 heteroatoms. The summed E-state index contributed by atoms with van der Waals surface area (Å²) in [7, 11) is 0. The number of halogens is 1. The van der Waals surface area contributed by atoms with Crippen LogP contribution in [0.4, 0.5) is 11.6 Å². The van der Waals surface area contributed by atoms with Gasteiger partial charge in [0.15, 0.2) is 0 Å². The van der Waals surface area contributed by atoms with Gasteiger partial charge in [-0.2, -0.15) is 0 Å². The third-order valence-corrected chi connectivity index (χ3v) is 5.12. The minimum Gasteiger partial charge on any atom is -0.367 e. The van der Waals surface area contributed by atoms with Crippen LogP contribution in [-0.4, -0.2) is 34.1 Å². The molecule has 0 aliphatic carbocycles. The summed E-state index contributed by atoms with van der Waals surface area (Å²) in [5, 5.41) is 3.55. The summed E-state index contributed by atoms with van der Waals surface area (Å²) in [4.78, 5) is 15.5. The van der Waals surface area contributed by atoms with Crippen molar-refractivity contribution in [3.8, 4) is 0 Å². The Morgan fingerprint density at radius 1 is 1.22 bits per heavy atom. The van der Waals surface area contributed by atoms with Crippen molar-refractivity contribution in [1.82, 2.24) is 15.0 Å². The van der Waals surface area contributed by atoms with Crippen molar-refractivity contribution in [3.05, 3.63) is 40.4 Å². The molecular formula is C17H22BrN5. The third kappa shape index (κ3) is 3.99.